The highest BCUT2D eigenvalue weighted by Crippen LogP contribution is 2.28. The molecule has 0 saturated heterocycles. The quantitative estimate of drug-likeness (QED) is 0.843. The summed E-state index contributed by atoms with van der Waals surface area (Å²) < 4.78 is 22.7. The Labute approximate surface area is 100 Å². The van der Waals surface area contributed by atoms with E-state index in [0.717, 1.165) is 0 Å². The lowest BCUT2D eigenvalue weighted by atomic mass is 10.1. The van der Waals surface area contributed by atoms with Crippen molar-refractivity contribution < 1.29 is 8.42 Å². The van der Waals surface area contributed by atoms with E-state index in [0.29, 0.717) is 10.0 Å². The fourth-order valence-electron chi connectivity index (χ4n) is 1.05. The third-order valence-corrected chi connectivity index (χ3v) is 3.70. The Bertz CT molecular complexity index is 536. The Morgan fingerprint density at radius 3 is 2.53 bits per heavy atom. The molecule has 15 heavy (non-hydrogen) atoms. The number of rotatable bonds is 2. The van der Waals surface area contributed by atoms with Crippen LogP contribution in [-0.4, -0.2) is 8.42 Å². The molecule has 80 valence electrons. The summed E-state index contributed by atoms with van der Waals surface area (Å²) in [6.07, 6.45) is 0. The summed E-state index contributed by atoms with van der Waals surface area (Å²) in [5.41, 5.74) is 5.95. The van der Waals surface area contributed by atoms with Crippen LogP contribution in [0.2, 0.25) is 0 Å². The molecule has 0 atom stereocenters. The predicted octanol–water partition coefficient (Wildman–Crippen LogP) is 1.71. The molecule has 2 N–H and O–H groups in total. The van der Waals surface area contributed by atoms with Gasteiger partial charge in [0, 0.05) is 21.7 Å². The molecular weight excluding hydrogens is 304 g/mol. The van der Waals surface area contributed by atoms with Crippen LogP contribution in [0, 0.1) is 11.3 Å². The second-order valence-corrected chi connectivity index (χ2v) is 6.09. The molecule has 0 bridgehead atoms. The molecule has 0 heterocycles. The Morgan fingerprint density at radius 2 is 2.13 bits per heavy atom. The van der Waals surface area contributed by atoms with E-state index in [1.54, 1.807) is 12.1 Å². The van der Waals surface area contributed by atoms with Gasteiger partial charge in [0.1, 0.15) is 11.0 Å². The van der Waals surface area contributed by atoms with Crippen molar-refractivity contribution in [2.75, 3.05) is 0 Å². The van der Waals surface area contributed by atoms with E-state index in [1.807, 2.05) is 0 Å². The molecule has 0 aromatic heterocycles. The molecule has 1 aromatic carbocycles. The van der Waals surface area contributed by atoms with E-state index < -0.39 is 9.05 Å². The molecule has 0 saturated carbocycles. The van der Waals surface area contributed by atoms with Crippen molar-refractivity contribution in [3.05, 3.63) is 27.7 Å². The van der Waals surface area contributed by atoms with Gasteiger partial charge in [-0.2, -0.15) is 5.26 Å². The molecule has 0 radical (unpaired) electrons. The number of benzene rings is 1. The lowest BCUT2D eigenvalue weighted by molar-refractivity contribution is 0.609. The molecule has 1 aromatic rings. The molecule has 0 unspecified atom stereocenters. The third kappa shape index (κ3) is 2.69. The molecule has 7 heteroatoms. The summed E-state index contributed by atoms with van der Waals surface area (Å²) in [6, 6.07) is 4.66. The van der Waals surface area contributed by atoms with Gasteiger partial charge in [0.15, 0.2) is 0 Å². The molecule has 0 amide bonds. The maximum absolute atomic E-state index is 11.2. The molecule has 0 aliphatic rings. The van der Waals surface area contributed by atoms with Crippen LogP contribution >= 0.6 is 26.6 Å². The van der Waals surface area contributed by atoms with E-state index in [-0.39, 0.29) is 17.0 Å². The number of nitriles is 1. The van der Waals surface area contributed by atoms with Crippen molar-refractivity contribution in [2.45, 2.75) is 11.4 Å². The number of halogens is 2. The third-order valence-electron chi connectivity index (χ3n) is 1.72. The standard InChI is InChI=1S/C8H6BrClN2O2S/c9-7-1-5(3-11)2-8(6(7)4-12)15(10,13)14/h1-2H,3,11H2. The first-order valence-electron chi connectivity index (χ1n) is 3.77. The lowest BCUT2D eigenvalue weighted by Crippen LogP contribution is -2.02. The Morgan fingerprint density at radius 1 is 1.53 bits per heavy atom. The largest absolute Gasteiger partial charge is 0.326 e. The van der Waals surface area contributed by atoms with Gasteiger partial charge in [-0.15, -0.1) is 0 Å². The van der Waals surface area contributed by atoms with E-state index >= 15 is 0 Å². The Kier molecular flexibility index (Phi) is 3.73. The van der Waals surface area contributed by atoms with Gasteiger partial charge in [0.25, 0.3) is 9.05 Å². The van der Waals surface area contributed by atoms with E-state index in [2.05, 4.69) is 15.9 Å². The average molecular weight is 310 g/mol. The maximum atomic E-state index is 11.2. The van der Waals surface area contributed by atoms with Crippen molar-refractivity contribution in [3.8, 4) is 6.07 Å². The van der Waals surface area contributed by atoms with Gasteiger partial charge in [-0.1, -0.05) is 0 Å². The molecule has 4 nitrogen and oxygen atoms in total. The number of hydrogen-bond acceptors (Lipinski definition) is 4. The topological polar surface area (TPSA) is 83.9 Å². The number of hydrogen-bond donors (Lipinski definition) is 1. The minimum absolute atomic E-state index is 0.0119. The summed E-state index contributed by atoms with van der Waals surface area (Å²) in [7, 11) is 1.27. The molecule has 0 aliphatic heterocycles. The van der Waals surface area contributed by atoms with Crippen molar-refractivity contribution in [3.63, 3.8) is 0 Å². The van der Waals surface area contributed by atoms with E-state index in [9.17, 15) is 8.42 Å². The molecule has 0 aliphatic carbocycles. The lowest BCUT2D eigenvalue weighted by Gasteiger charge is -2.05. The van der Waals surface area contributed by atoms with Gasteiger partial charge in [-0.25, -0.2) is 8.42 Å². The van der Waals surface area contributed by atoms with Gasteiger partial charge >= 0.3 is 0 Å². The predicted molar refractivity (Wildman–Crippen MR) is 59.8 cm³/mol. The van der Waals surface area contributed by atoms with Gasteiger partial charge in [0.2, 0.25) is 0 Å². The molecular formula is C8H6BrClN2O2S. The van der Waals surface area contributed by atoms with Crippen LogP contribution in [-0.2, 0) is 15.6 Å². The van der Waals surface area contributed by atoms with E-state index in [1.165, 1.54) is 6.07 Å². The van der Waals surface area contributed by atoms with Gasteiger partial charge in [-0.3, -0.25) is 0 Å². The summed E-state index contributed by atoms with van der Waals surface area (Å²) in [5, 5.41) is 8.79. The van der Waals surface area contributed by atoms with Gasteiger partial charge in [0.05, 0.1) is 5.56 Å². The molecule has 1 rings (SSSR count). The average Bonchev–Trinajstić information content (AvgIpc) is 2.15. The molecule has 0 spiro atoms. The number of nitrogens with zero attached hydrogens (tertiary/aromatic N) is 1. The Hall–Kier alpha value is -0.610. The van der Waals surface area contributed by atoms with Crippen molar-refractivity contribution in [1.82, 2.24) is 0 Å². The highest BCUT2D eigenvalue weighted by atomic mass is 79.9. The fourth-order valence-corrected chi connectivity index (χ4v) is 2.84. The SMILES string of the molecule is N#Cc1c(Br)cc(CN)cc1S(=O)(=O)Cl. The first-order chi connectivity index (χ1) is 6.90. The minimum atomic E-state index is -3.94. The van der Waals surface area contributed by atoms with Crippen LogP contribution in [0.4, 0.5) is 0 Å². The zero-order valence-electron chi connectivity index (χ0n) is 7.37. The van der Waals surface area contributed by atoms with Crippen molar-refractivity contribution >= 4 is 35.7 Å². The summed E-state index contributed by atoms with van der Waals surface area (Å²) in [4.78, 5) is -0.221. The molecule has 0 fully saturated rings. The highest BCUT2D eigenvalue weighted by molar-refractivity contribution is 9.10. The van der Waals surface area contributed by atoms with Crippen LogP contribution in [0.15, 0.2) is 21.5 Å². The zero-order valence-corrected chi connectivity index (χ0v) is 10.5. The Balaban J connectivity index is 3.63. The normalized spacial score (nSPS) is 11.1. The van der Waals surface area contributed by atoms with Crippen LogP contribution in [0.5, 0.6) is 0 Å². The fraction of sp³-hybridized carbons (Fsp3) is 0.125. The zero-order chi connectivity index (χ0) is 11.6. The van der Waals surface area contributed by atoms with Crippen LogP contribution in [0.25, 0.3) is 0 Å². The minimum Gasteiger partial charge on any atom is -0.326 e. The van der Waals surface area contributed by atoms with Crippen LogP contribution in [0.1, 0.15) is 11.1 Å². The smallest absolute Gasteiger partial charge is 0.262 e. The second-order valence-electron chi connectivity index (χ2n) is 2.70. The van der Waals surface area contributed by atoms with Crippen LogP contribution in [0.3, 0.4) is 0 Å². The monoisotopic (exact) mass is 308 g/mol. The summed E-state index contributed by atoms with van der Waals surface area (Å²) >= 11 is 3.09. The van der Waals surface area contributed by atoms with Gasteiger partial charge in [-0.05, 0) is 33.6 Å². The van der Waals surface area contributed by atoms with E-state index in [4.69, 9.17) is 21.7 Å². The van der Waals surface area contributed by atoms with Gasteiger partial charge < -0.3 is 5.73 Å². The second kappa shape index (κ2) is 4.49. The summed E-state index contributed by atoms with van der Waals surface area (Å²) in [5.74, 6) is 0. The van der Waals surface area contributed by atoms with Crippen LogP contribution < -0.4 is 5.73 Å². The summed E-state index contributed by atoms with van der Waals surface area (Å²) in [6.45, 7) is 0.170. The number of nitrogens with two attached hydrogens (primary N) is 1. The van der Waals surface area contributed by atoms with Crippen molar-refractivity contribution in [2.24, 2.45) is 5.73 Å². The highest BCUT2D eigenvalue weighted by Gasteiger charge is 2.19. The maximum Gasteiger partial charge on any atom is 0.262 e. The van der Waals surface area contributed by atoms with Crippen molar-refractivity contribution in [1.29, 1.82) is 5.26 Å². The first-order valence-corrected chi connectivity index (χ1v) is 6.87. The first kappa shape index (κ1) is 12.5.